The van der Waals surface area contributed by atoms with Crippen molar-refractivity contribution >= 4 is 16.1 Å². The van der Waals surface area contributed by atoms with E-state index in [1.54, 1.807) is 32.9 Å². The summed E-state index contributed by atoms with van der Waals surface area (Å²) in [7, 11) is -3.30. The highest BCUT2D eigenvalue weighted by Crippen LogP contribution is 2.20. The van der Waals surface area contributed by atoms with Crippen LogP contribution in [0.2, 0.25) is 0 Å². The normalized spacial score (nSPS) is 11.7. The minimum absolute atomic E-state index is 0.252. The minimum atomic E-state index is -3.30. The second-order valence-corrected chi connectivity index (χ2v) is 6.21. The maximum Gasteiger partial charge on any atom is 0.180 e. The Kier molecular flexibility index (Phi) is 3.29. The third kappa shape index (κ3) is 2.26. The van der Waals surface area contributed by atoms with Crippen molar-refractivity contribution in [1.29, 1.82) is 0 Å². The monoisotopic (exact) mass is 226 g/mol. The molecule has 15 heavy (non-hydrogen) atoms. The number of carbonyl (C=O) groups is 1. The van der Waals surface area contributed by atoms with Crippen molar-refractivity contribution in [1.82, 2.24) is 0 Å². The first-order chi connectivity index (χ1) is 6.89. The number of aryl methyl sites for hydroxylation is 1. The molecule has 0 fully saturated rings. The molecule has 1 aromatic carbocycles. The van der Waals surface area contributed by atoms with Crippen LogP contribution in [0.4, 0.5) is 0 Å². The molecule has 0 amide bonds. The molecule has 1 aromatic rings. The minimum Gasteiger partial charge on any atom is -0.298 e. The van der Waals surface area contributed by atoms with Gasteiger partial charge in [-0.25, -0.2) is 8.42 Å². The molecule has 82 valence electrons. The molecule has 0 heterocycles. The van der Waals surface area contributed by atoms with Crippen LogP contribution in [0.25, 0.3) is 0 Å². The molecule has 4 heteroatoms. The van der Waals surface area contributed by atoms with Crippen LogP contribution in [0.3, 0.4) is 0 Å². The molecule has 0 spiro atoms. The van der Waals surface area contributed by atoms with Crippen LogP contribution in [0, 0.1) is 6.92 Å². The maximum atomic E-state index is 11.9. The highest BCUT2D eigenvalue weighted by molar-refractivity contribution is 7.92. The van der Waals surface area contributed by atoms with Crippen LogP contribution >= 0.6 is 0 Å². The number of carbonyl (C=O) groups excluding carboxylic acids is 1. The zero-order valence-electron chi connectivity index (χ0n) is 9.02. The van der Waals surface area contributed by atoms with E-state index in [4.69, 9.17) is 0 Å². The Balaban J connectivity index is 3.43. The molecule has 0 aliphatic rings. The molecule has 0 aliphatic carbocycles. The summed E-state index contributed by atoms with van der Waals surface area (Å²) >= 11 is 0. The van der Waals surface area contributed by atoms with Crippen LogP contribution in [0.1, 0.15) is 29.8 Å². The van der Waals surface area contributed by atoms with Gasteiger partial charge < -0.3 is 0 Å². The molecule has 0 aromatic heterocycles. The largest absolute Gasteiger partial charge is 0.298 e. The average molecular weight is 226 g/mol. The van der Waals surface area contributed by atoms with E-state index in [9.17, 15) is 13.2 Å². The molecule has 0 saturated heterocycles. The number of sulfone groups is 1. The third-order valence-corrected chi connectivity index (χ3v) is 4.57. The summed E-state index contributed by atoms with van der Waals surface area (Å²) in [6.45, 7) is 4.98. The fraction of sp³-hybridized carbons (Fsp3) is 0.364. The van der Waals surface area contributed by atoms with Gasteiger partial charge in [-0.3, -0.25) is 4.79 Å². The van der Waals surface area contributed by atoms with Crippen LogP contribution in [-0.2, 0) is 9.84 Å². The standard InChI is InChI=1S/C11H14O3S/c1-8(2)15(13,14)11-6-10(7-12)5-4-9(11)3/h4-8H,1-3H3. The first-order valence-corrected chi connectivity index (χ1v) is 6.24. The Morgan fingerprint density at radius 2 is 1.87 bits per heavy atom. The Labute approximate surface area is 90.0 Å². The quantitative estimate of drug-likeness (QED) is 0.741. The fourth-order valence-corrected chi connectivity index (χ4v) is 2.58. The summed E-state index contributed by atoms with van der Waals surface area (Å²) < 4.78 is 23.8. The molecule has 0 unspecified atom stereocenters. The van der Waals surface area contributed by atoms with Gasteiger partial charge in [0.15, 0.2) is 9.84 Å². The smallest absolute Gasteiger partial charge is 0.180 e. The van der Waals surface area contributed by atoms with Gasteiger partial charge in [0.05, 0.1) is 10.1 Å². The van der Waals surface area contributed by atoms with E-state index in [-0.39, 0.29) is 4.90 Å². The van der Waals surface area contributed by atoms with Crippen LogP contribution < -0.4 is 0 Å². The lowest BCUT2D eigenvalue weighted by molar-refractivity contribution is 0.112. The molecule has 1 rings (SSSR count). The Bertz CT molecular complexity index is 473. The molecule has 0 N–H and O–H groups in total. The lowest BCUT2D eigenvalue weighted by Gasteiger charge is -2.10. The highest BCUT2D eigenvalue weighted by Gasteiger charge is 2.21. The van der Waals surface area contributed by atoms with Crippen molar-refractivity contribution in [2.45, 2.75) is 30.9 Å². The fourth-order valence-electron chi connectivity index (χ4n) is 1.25. The van der Waals surface area contributed by atoms with E-state index in [2.05, 4.69) is 0 Å². The SMILES string of the molecule is Cc1ccc(C=O)cc1S(=O)(=O)C(C)C. The number of aldehydes is 1. The predicted molar refractivity (Wildman–Crippen MR) is 58.9 cm³/mol. The van der Waals surface area contributed by atoms with Crippen molar-refractivity contribution in [3.05, 3.63) is 29.3 Å². The zero-order chi connectivity index (χ0) is 11.6. The van der Waals surface area contributed by atoms with E-state index in [1.165, 1.54) is 6.07 Å². The van der Waals surface area contributed by atoms with Crippen molar-refractivity contribution in [3.63, 3.8) is 0 Å². The van der Waals surface area contributed by atoms with Crippen molar-refractivity contribution < 1.29 is 13.2 Å². The van der Waals surface area contributed by atoms with Gasteiger partial charge in [-0.15, -0.1) is 0 Å². The van der Waals surface area contributed by atoms with E-state index in [1.807, 2.05) is 0 Å². The van der Waals surface area contributed by atoms with Gasteiger partial charge in [0.25, 0.3) is 0 Å². The Hall–Kier alpha value is -1.16. The van der Waals surface area contributed by atoms with Crippen molar-refractivity contribution in [2.24, 2.45) is 0 Å². The highest BCUT2D eigenvalue weighted by atomic mass is 32.2. The summed E-state index contributed by atoms with van der Waals surface area (Å²) in [5, 5.41) is -0.474. The molecule has 0 bridgehead atoms. The number of rotatable bonds is 3. The molecular formula is C11H14O3S. The Morgan fingerprint density at radius 3 is 2.33 bits per heavy atom. The van der Waals surface area contributed by atoms with Crippen molar-refractivity contribution in [3.8, 4) is 0 Å². The lowest BCUT2D eigenvalue weighted by atomic mass is 10.2. The van der Waals surface area contributed by atoms with Crippen LogP contribution in [0.15, 0.2) is 23.1 Å². The van der Waals surface area contributed by atoms with E-state index < -0.39 is 15.1 Å². The van der Waals surface area contributed by atoms with Crippen molar-refractivity contribution in [2.75, 3.05) is 0 Å². The summed E-state index contributed by atoms with van der Waals surface area (Å²) in [5.74, 6) is 0. The van der Waals surface area contributed by atoms with E-state index >= 15 is 0 Å². The van der Waals surface area contributed by atoms with Crippen LogP contribution in [0.5, 0.6) is 0 Å². The second kappa shape index (κ2) is 4.14. The number of benzene rings is 1. The summed E-state index contributed by atoms with van der Waals surface area (Å²) in [6.07, 6.45) is 0.652. The zero-order valence-corrected chi connectivity index (χ0v) is 9.84. The van der Waals surface area contributed by atoms with Gasteiger partial charge in [-0.2, -0.15) is 0 Å². The molecular weight excluding hydrogens is 212 g/mol. The third-order valence-electron chi connectivity index (χ3n) is 2.28. The van der Waals surface area contributed by atoms with Gasteiger partial charge in [-0.1, -0.05) is 12.1 Å². The maximum absolute atomic E-state index is 11.9. The average Bonchev–Trinajstić information content (AvgIpc) is 2.18. The predicted octanol–water partition coefficient (Wildman–Crippen LogP) is 1.99. The van der Waals surface area contributed by atoms with Crippen LogP contribution in [-0.4, -0.2) is 20.0 Å². The number of hydrogen-bond donors (Lipinski definition) is 0. The first-order valence-electron chi connectivity index (χ1n) is 4.69. The molecule has 0 atom stereocenters. The molecule has 0 aliphatic heterocycles. The van der Waals surface area contributed by atoms with Gasteiger partial charge in [-0.05, 0) is 32.4 Å². The molecule has 0 saturated carbocycles. The van der Waals surface area contributed by atoms with E-state index in [0.717, 1.165) is 0 Å². The van der Waals surface area contributed by atoms with E-state index in [0.29, 0.717) is 17.4 Å². The topological polar surface area (TPSA) is 51.2 Å². The summed E-state index contributed by atoms with van der Waals surface area (Å²) in [6, 6.07) is 4.69. The Morgan fingerprint density at radius 1 is 1.27 bits per heavy atom. The van der Waals surface area contributed by atoms with Gasteiger partial charge in [0.2, 0.25) is 0 Å². The second-order valence-electron chi connectivity index (χ2n) is 3.74. The first kappa shape index (κ1) is 11.9. The summed E-state index contributed by atoms with van der Waals surface area (Å²) in [5.41, 5.74) is 1.06. The molecule has 3 nitrogen and oxygen atoms in total. The van der Waals surface area contributed by atoms with Gasteiger partial charge in [0.1, 0.15) is 6.29 Å². The summed E-state index contributed by atoms with van der Waals surface area (Å²) in [4.78, 5) is 10.8. The molecule has 0 radical (unpaired) electrons. The van der Waals surface area contributed by atoms with Gasteiger partial charge in [0, 0.05) is 5.56 Å². The lowest BCUT2D eigenvalue weighted by Crippen LogP contribution is -2.15. The number of hydrogen-bond acceptors (Lipinski definition) is 3. The van der Waals surface area contributed by atoms with Gasteiger partial charge >= 0.3 is 0 Å².